The fourth-order valence-electron chi connectivity index (χ4n) is 2.56. The van der Waals surface area contributed by atoms with Crippen molar-refractivity contribution in [3.05, 3.63) is 64.4 Å². The van der Waals surface area contributed by atoms with Crippen LogP contribution in [0.4, 0.5) is 0 Å². The molecule has 1 atom stereocenters. The molecule has 1 unspecified atom stereocenters. The summed E-state index contributed by atoms with van der Waals surface area (Å²) >= 11 is 0. The molecule has 7 nitrogen and oxygen atoms in total. The minimum Gasteiger partial charge on any atom is -0.618 e. The summed E-state index contributed by atoms with van der Waals surface area (Å²) in [6.07, 6.45) is 7.74. The van der Waals surface area contributed by atoms with Crippen molar-refractivity contribution in [2.75, 3.05) is 0 Å². The summed E-state index contributed by atoms with van der Waals surface area (Å²) in [5.74, 6) is 0. The van der Waals surface area contributed by atoms with Gasteiger partial charge < -0.3 is 15.3 Å². The average molecular weight is 325 g/mol. The van der Waals surface area contributed by atoms with Crippen molar-refractivity contribution < 1.29 is 9.46 Å². The molecule has 0 bridgehead atoms. The van der Waals surface area contributed by atoms with Crippen molar-refractivity contribution in [2.24, 2.45) is 10.7 Å². The summed E-state index contributed by atoms with van der Waals surface area (Å²) in [7, 11) is 0. The first kappa shape index (κ1) is 15.9. The predicted octanol–water partition coefficient (Wildman–Crippen LogP) is 1.04. The number of aliphatic imine (C=N–C) groups is 1. The number of fused-ring (bicyclic) bond motifs is 1. The highest BCUT2D eigenvalue weighted by atomic mass is 16.5. The van der Waals surface area contributed by atoms with Crippen molar-refractivity contribution in [1.29, 1.82) is 0 Å². The average Bonchev–Trinajstić information content (AvgIpc) is 2.58. The van der Waals surface area contributed by atoms with Crippen LogP contribution in [0.25, 0.3) is 17.1 Å². The van der Waals surface area contributed by atoms with Gasteiger partial charge in [-0.1, -0.05) is 12.1 Å². The maximum atomic E-state index is 12.4. The first-order chi connectivity index (χ1) is 11.5. The van der Waals surface area contributed by atoms with Crippen LogP contribution in [0.3, 0.4) is 0 Å². The van der Waals surface area contributed by atoms with E-state index in [9.17, 15) is 10.4 Å². The number of nitrogens with two attached hydrogens (primary N) is 1. The monoisotopic (exact) mass is 325 g/mol. The molecule has 124 valence electrons. The fourth-order valence-corrected chi connectivity index (χ4v) is 2.56. The van der Waals surface area contributed by atoms with Gasteiger partial charge in [0.1, 0.15) is 0 Å². The summed E-state index contributed by atoms with van der Waals surface area (Å²) in [5, 5.41) is 24.5. The number of allylic oxidation sites excluding steroid dienone is 2. The van der Waals surface area contributed by atoms with Gasteiger partial charge >= 0.3 is 0 Å². The molecule has 0 saturated heterocycles. The van der Waals surface area contributed by atoms with Crippen molar-refractivity contribution >= 4 is 23.3 Å². The Morgan fingerprint density at radius 1 is 1.21 bits per heavy atom. The van der Waals surface area contributed by atoms with Gasteiger partial charge in [-0.3, -0.25) is 10.7 Å². The van der Waals surface area contributed by atoms with Crippen molar-refractivity contribution in [3.63, 3.8) is 0 Å². The van der Waals surface area contributed by atoms with Gasteiger partial charge in [-0.05, 0) is 19.9 Å². The van der Waals surface area contributed by atoms with E-state index in [1.807, 2.05) is 24.9 Å². The molecule has 7 heteroatoms. The first-order valence-corrected chi connectivity index (χ1v) is 7.68. The van der Waals surface area contributed by atoms with Gasteiger partial charge in [0.25, 0.3) is 22.9 Å². The van der Waals surface area contributed by atoms with Crippen LogP contribution in [-0.2, 0) is 0 Å². The Balaban J connectivity index is 1.95. The molecule has 1 aliphatic rings. The highest BCUT2D eigenvalue weighted by Crippen LogP contribution is 2.13. The Labute approximate surface area is 139 Å². The second-order valence-electron chi connectivity index (χ2n) is 5.86. The van der Waals surface area contributed by atoms with Gasteiger partial charge in [0.2, 0.25) is 0 Å². The number of rotatable bonds is 3. The van der Waals surface area contributed by atoms with E-state index in [1.165, 1.54) is 6.20 Å². The predicted molar refractivity (Wildman–Crippen MR) is 92.4 cm³/mol. The largest absolute Gasteiger partial charge is 0.618 e. The minimum atomic E-state index is -0.406. The maximum Gasteiger partial charge on any atom is 0.290 e. The Morgan fingerprint density at radius 3 is 2.62 bits per heavy atom. The molecule has 1 aromatic heterocycles. The molecule has 2 N–H and O–H groups in total. The highest BCUT2D eigenvalue weighted by Gasteiger charge is 2.18. The lowest BCUT2D eigenvalue weighted by Gasteiger charge is -2.31. The van der Waals surface area contributed by atoms with Gasteiger partial charge in [0.15, 0.2) is 6.29 Å². The third-order valence-corrected chi connectivity index (χ3v) is 3.84. The van der Waals surface area contributed by atoms with Gasteiger partial charge in [-0.15, -0.1) is 0 Å². The third kappa shape index (κ3) is 2.93. The van der Waals surface area contributed by atoms with E-state index in [0.29, 0.717) is 15.8 Å². The van der Waals surface area contributed by atoms with E-state index in [2.05, 4.69) is 4.99 Å². The molecule has 2 heterocycles. The number of benzene rings is 1. The van der Waals surface area contributed by atoms with Crippen LogP contribution in [0.5, 0.6) is 0 Å². The van der Waals surface area contributed by atoms with Gasteiger partial charge in [-0.2, -0.15) is 9.46 Å². The van der Waals surface area contributed by atoms with E-state index in [4.69, 9.17) is 5.73 Å². The number of nitrogens with zero attached hydrogens (tertiary/aromatic N) is 4. The molecule has 1 aliphatic heterocycles. The highest BCUT2D eigenvalue weighted by molar-refractivity contribution is 5.84. The molecule has 24 heavy (non-hydrogen) atoms. The lowest BCUT2D eigenvalue weighted by molar-refractivity contribution is -0.630. The molecular formula is C17H19N5O2. The van der Waals surface area contributed by atoms with Crippen LogP contribution < -0.4 is 15.2 Å². The Hall–Kier alpha value is -2.93. The Bertz CT molecular complexity index is 857. The van der Waals surface area contributed by atoms with Gasteiger partial charge in [0.05, 0.1) is 0 Å². The van der Waals surface area contributed by atoms with Crippen LogP contribution in [-0.4, -0.2) is 23.4 Å². The first-order valence-electron chi connectivity index (χ1n) is 7.68. The zero-order valence-corrected chi connectivity index (χ0v) is 13.5. The maximum absolute atomic E-state index is 12.4. The van der Waals surface area contributed by atoms with E-state index in [0.717, 1.165) is 10.3 Å². The quantitative estimate of drug-likeness (QED) is 0.674. The van der Waals surface area contributed by atoms with Crippen molar-refractivity contribution in [3.8, 4) is 0 Å². The molecule has 0 aliphatic carbocycles. The fraction of sp³-hybridized carbons (Fsp3) is 0.235. The summed E-state index contributed by atoms with van der Waals surface area (Å²) in [6, 6.07) is 6.88. The van der Waals surface area contributed by atoms with Crippen molar-refractivity contribution in [1.82, 2.24) is 4.90 Å². The molecule has 2 aromatic rings. The SMILES string of the molecule is CC(C)N1C=C(C=Cc2c[n+]([O-])c3ccccc3[n+]2[O-])C=NC1N. The second kappa shape index (κ2) is 6.29. The smallest absolute Gasteiger partial charge is 0.290 e. The van der Waals surface area contributed by atoms with E-state index >= 15 is 0 Å². The van der Waals surface area contributed by atoms with Crippen LogP contribution in [0.15, 0.2) is 53.3 Å². The molecular weight excluding hydrogens is 306 g/mol. The summed E-state index contributed by atoms with van der Waals surface area (Å²) in [5.41, 5.74) is 7.63. The van der Waals surface area contributed by atoms with Crippen LogP contribution >= 0.6 is 0 Å². The van der Waals surface area contributed by atoms with Crippen LogP contribution in [0.1, 0.15) is 19.5 Å². The van der Waals surface area contributed by atoms with Crippen LogP contribution in [0.2, 0.25) is 0 Å². The lowest BCUT2D eigenvalue weighted by Crippen LogP contribution is -2.43. The van der Waals surface area contributed by atoms with Gasteiger partial charge in [-0.25, -0.2) is 0 Å². The zero-order chi connectivity index (χ0) is 17.3. The molecule has 0 spiro atoms. The molecule has 0 radical (unpaired) electrons. The number of para-hydroxylation sites is 2. The topological polar surface area (TPSA) is 95.5 Å². The second-order valence-corrected chi connectivity index (χ2v) is 5.86. The summed E-state index contributed by atoms with van der Waals surface area (Å²) in [4.78, 5) is 6.14. The number of aromatic nitrogens is 2. The van der Waals surface area contributed by atoms with E-state index in [-0.39, 0.29) is 11.7 Å². The number of hydrogen-bond acceptors (Lipinski definition) is 5. The lowest BCUT2D eigenvalue weighted by atomic mass is 10.2. The van der Waals surface area contributed by atoms with E-state index < -0.39 is 6.29 Å². The molecule has 0 amide bonds. The zero-order valence-electron chi connectivity index (χ0n) is 13.5. The normalized spacial score (nSPS) is 17.9. The summed E-state index contributed by atoms with van der Waals surface area (Å²) < 4.78 is 1.44. The van der Waals surface area contributed by atoms with E-state index in [1.54, 1.807) is 42.6 Å². The van der Waals surface area contributed by atoms with Crippen molar-refractivity contribution in [2.45, 2.75) is 26.2 Å². The van der Waals surface area contributed by atoms with Crippen LogP contribution in [0, 0.1) is 10.4 Å². The molecule has 0 saturated carbocycles. The third-order valence-electron chi connectivity index (χ3n) is 3.84. The standard InChI is InChI=1S/C17H19N5O2/c1-12(2)20-10-13(9-19-17(20)18)7-8-14-11-21(23)15-5-3-4-6-16(15)22(14)24/h3-12,17H,18H2,1-2H3. The van der Waals surface area contributed by atoms with Gasteiger partial charge in [0, 0.05) is 42.2 Å². The molecule has 0 fully saturated rings. The minimum absolute atomic E-state index is 0.203. The summed E-state index contributed by atoms with van der Waals surface area (Å²) in [6.45, 7) is 4.04. The Kier molecular flexibility index (Phi) is 4.18. The molecule has 3 rings (SSSR count). The Morgan fingerprint density at radius 2 is 1.92 bits per heavy atom. The number of hydrogen-bond donors (Lipinski definition) is 1. The molecule has 1 aromatic carbocycles.